The van der Waals surface area contributed by atoms with E-state index in [1.165, 1.54) is 12.8 Å². The van der Waals surface area contributed by atoms with Gasteiger partial charge in [0.1, 0.15) is 5.75 Å². The number of halogens is 1. The molecule has 2 fully saturated rings. The van der Waals surface area contributed by atoms with E-state index < -0.39 is 0 Å². The molecule has 1 heterocycles. The number of rotatable bonds is 10. The Labute approximate surface area is 197 Å². The lowest BCUT2D eigenvalue weighted by atomic mass is 9.95. The predicted octanol–water partition coefficient (Wildman–Crippen LogP) is 2.49. The van der Waals surface area contributed by atoms with Crippen molar-refractivity contribution in [2.24, 2.45) is 5.92 Å². The summed E-state index contributed by atoms with van der Waals surface area (Å²) in [5, 5.41) is 3.81. The number of benzene rings is 1. The molecule has 1 aliphatic carbocycles. The zero-order chi connectivity index (χ0) is 22.9. The van der Waals surface area contributed by atoms with Crippen LogP contribution in [0.25, 0.3) is 0 Å². The third-order valence-corrected chi connectivity index (χ3v) is 6.68. The molecule has 178 valence electrons. The minimum atomic E-state index is -0.0839. The van der Waals surface area contributed by atoms with Crippen molar-refractivity contribution >= 4 is 23.4 Å². The highest BCUT2D eigenvalue weighted by molar-refractivity contribution is 6.30. The van der Waals surface area contributed by atoms with Gasteiger partial charge in [-0.1, -0.05) is 24.4 Å². The van der Waals surface area contributed by atoms with Crippen molar-refractivity contribution in [3.8, 4) is 5.75 Å². The molecule has 3 rings (SSSR count). The van der Waals surface area contributed by atoms with Gasteiger partial charge in [-0.25, -0.2) is 0 Å². The Bertz CT molecular complexity index is 729. The van der Waals surface area contributed by atoms with E-state index in [1.807, 2.05) is 19.0 Å². The second kappa shape index (κ2) is 12.4. The maximum atomic E-state index is 13.1. The van der Waals surface area contributed by atoms with Crippen molar-refractivity contribution in [2.75, 3.05) is 60.0 Å². The second-order valence-corrected chi connectivity index (χ2v) is 9.53. The molecule has 1 atom stereocenters. The Morgan fingerprint density at radius 1 is 1.12 bits per heavy atom. The van der Waals surface area contributed by atoms with Gasteiger partial charge in [0.25, 0.3) is 5.91 Å². The van der Waals surface area contributed by atoms with Gasteiger partial charge in [0.05, 0.1) is 6.04 Å². The van der Waals surface area contributed by atoms with Crippen molar-refractivity contribution in [1.82, 2.24) is 20.0 Å². The van der Waals surface area contributed by atoms with Crippen LogP contribution in [0.4, 0.5) is 0 Å². The zero-order valence-electron chi connectivity index (χ0n) is 19.4. The van der Waals surface area contributed by atoms with Crippen molar-refractivity contribution in [2.45, 2.75) is 38.1 Å². The summed E-state index contributed by atoms with van der Waals surface area (Å²) in [7, 11) is 4.09. The van der Waals surface area contributed by atoms with Gasteiger partial charge < -0.3 is 19.9 Å². The molecule has 1 saturated carbocycles. The number of carbonyl (C=O) groups excluding carboxylic acids is 2. The smallest absolute Gasteiger partial charge is 0.260 e. The highest BCUT2D eigenvalue weighted by Gasteiger charge is 2.37. The first kappa shape index (κ1) is 24.8. The minimum Gasteiger partial charge on any atom is -0.484 e. The monoisotopic (exact) mass is 464 g/mol. The highest BCUT2D eigenvalue weighted by Crippen LogP contribution is 2.31. The van der Waals surface area contributed by atoms with Crippen LogP contribution < -0.4 is 10.1 Å². The molecule has 1 unspecified atom stereocenters. The average Bonchev–Trinajstić information content (AvgIpc) is 3.31. The van der Waals surface area contributed by atoms with Gasteiger partial charge >= 0.3 is 0 Å². The van der Waals surface area contributed by atoms with Crippen LogP contribution in [0.3, 0.4) is 0 Å². The van der Waals surface area contributed by atoms with Crippen molar-refractivity contribution < 1.29 is 14.3 Å². The predicted molar refractivity (Wildman–Crippen MR) is 127 cm³/mol. The number of piperazine rings is 1. The van der Waals surface area contributed by atoms with E-state index in [0.717, 1.165) is 38.9 Å². The van der Waals surface area contributed by atoms with Crippen molar-refractivity contribution in [3.63, 3.8) is 0 Å². The van der Waals surface area contributed by atoms with Crippen LogP contribution in [0.15, 0.2) is 24.3 Å². The van der Waals surface area contributed by atoms with Crippen LogP contribution in [0.1, 0.15) is 32.1 Å². The maximum absolute atomic E-state index is 13.1. The topological polar surface area (TPSA) is 65.1 Å². The normalized spacial score (nSPS) is 18.7. The van der Waals surface area contributed by atoms with Crippen LogP contribution in [0.2, 0.25) is 5.02 Å². The Morgan fingerprint density at radius 3 is 2.41 bits per heavy atom. The number of hydrogen-bond acceptors (Lipinski definition) is 5. The van der Waals surface area contributed by atoms with E-state index >= 15 is 0 Å². The third-order valence-electron chi connectivity index (χ3n) is 6.43. The molecule has 2 amide bonds. The quantitative estimate of drug-likeness (QED) is 0.539. The molecule has 8 heteroatoms. The van der Waals surface area contributed by atoms with E-state index in [4.69, 9.17) is 16.3 Å². The average molecular weight is 465 g/mol. The molecule has 1 aromatic carbocycles. The fourth-order valence-electron chi connectivity index (χ4n) is 4.68. The lowest BCUT2D eigenvalue weighted by Gasteiger charge is -2.40. The van der Waals surface area contributed by atoms with Crippen molar-refractivity contribution in [3.05, 3.63) is 29.3 Å². The van der Waals surface area contributed by atoms with E-state index in [2.05, 4.69) is 15.1 Å². The molecule has 1 aliphatic heterocycles. The first-order valence-corrected chi connectivity index (χ1v) is 12.1. The summed E-state index contributed by atoms with van der Waals surface area (Å²) in [4.78, 5) is 32.0. The summed E-state index contributed by atoms with van der Waals surface area (Å²) in [6.45, 7) is 4.38. The highest BCUT2D eigenvalue weighted by atomic mass is 35.5. The molecular formula is C24H37ClN4O3. The molecule has 2 aliphatic rings. The van der Waals surface area contributed by atoms with Crippen LogP contribution >= 0.6 is 11.6 Å². The number of ether oxygens (including phenoxy) is 1. The van der Waals surface area contributed by atoms with Crippen LogP contribution in [0.5, 0.6) is 5.75 Å². The zero-order valence-corrected chi connectivity index (χ0v) is 20.1. The summed E-state index contributed by atoms with van der Waals surface area (Å²) in [5.74, 6) is 1.18. The lowest BCUT2D eigenvalue weighted by Crippen LogP contribution is -2.58. The first-order chi connectivity index (χ1) is 15.4. The molecule has 0 aromatic heterocycles. The van der Waals surface area contributed by atoms with Gasteiger partial charge in [-0.3, -0.25) is 14.5 Å². The maximum Gasteiger partial charge on any atom is 0.260 e. The van der Waals surface area contributed by atoms with Gasteiger partial charge in [-0.15, -0.1) is 0 Å². The van der Waals surface area contributed by atoms with Gasteiger partial charge in [-0.05, 0) is 70.1 Å². The minimum absolute atomic E-state index is 0.0139. The lowest BCUT2D eigenvalue weighted by molar-refractivity contribution is -0.137. The third kappa shape index (κ3) is 7.36. The van der Waals surface area contributed by atoms with Crippen LogP contribution in [0, 0.1) is 5.92 Å². The number of nitrogens with zero attached hydrogens (tertiary/aromatic N) is 3. The Kier molecular flexibility index (Phi) is 9.63. The summed E-state index contributed by atoms with van der Waals surface area (Å²) in [6, 6.07) is 6.93. The fourth-order valence-corrected chi connectivity index (χ4v) is 4.81. The Balaban J connectivity index is 1.48. The number of amides is 2. The van der Waals surface area contributed by atoms with Crippen molar-refractivity contribution in [1.29, 1.82) is 0 Å². The number of nitrogens with one attached hydrogen (secondary N) is 1. The molecule has 1 aromatic rings. The van der Waals surface area contributed by atoms with Gasteiger partial charge in [0, 0.05) is 37.7 Å². The summed E-state index contributed by atoms with van der Waals surface area (Å²) in [6.07, 6.45) is 5.59. The molecule has 0 spiro atoms. The fraction of sp³-hybridized carbons (Fsp3) is 0.667. The first-order valence-electron chi connectivity index (χ1n) is 11.8. The van der Waals surface area contributed by atoms with E-state index in [9.17, 15) is 9.59 Å². The Hall–Kier alpha value is -1.83. The standard InChI is InChI=1S/C24H37ClN4O3/c1-27(2)13-5-12-26-24(31)23(19-6-3-4-7-19)29-16-14-28(15-17-29)22(30)18-32-21-10-8-20(25)9-11-21/h8-11,19,23H,3-7,12-18H2,1-2H3,(H,26,31). The summed E-state index contributed by atoms with van der Waals surface area (Å²) >= 11 is 5.89. The summed E-state index contributed by atoms with van der Waals surface area (Å²) < 4.78 is 5.61. The number of hydrogen-bond donors (Lipinski definition) is 1. The van der Waals surface area contributed by atoms with Crippen LogP contribution in [-0.2, 0) is 9.59 Å². The number of carbonyl (C=O) groups is 2. The molecule has 1 saturated heterocycles. The van der Waals surface area contributed by atoms with Gasteiger partial charge in [-0.2, -0.15) is 0 Å². The van der Waals surface area contributed by atoms with E-state index in [-0.39, 0.29) is 24.5 Å². The van der Waals surface area contributed by atoms with Gasteiger partial charge in [0.15, 0.2) is 6.61 Å². The van der Waals surface area contributed by atoms with E-state index in [1.54, 1.807) is 24.3 Å². The second-order valence-electron chi connectivity index (χ2n) is 9.10. The van der Waals surface area contributed by atoms with E-state index in [0.29, 0.717) is 36.3 Å². The molecule has 7 nitrogen and oxygen atoms in total. The largest absolute Gasteiger partial charge is 0.484 e. The SMILES string of the molecule is CN(C)CCCNC(=O)C(C1CCCC1)N1CCN(C(=O)COc2ccc(Cl)cc2)CC1. The Morgan fingerprint density at radius 2 is 1.78 bits per heavy atom. The summed E-state index contributed by atoms with van der Waals surface area (Å²) in [5.41, 5.74) is 0. The molecule has 0 radical (unpaired) electrons. The molecule has 1 N–H and O–H groups in total. The molecule has 0 bridgehead atoms. The molecule has 32 heavy (non-hydrogen) atoms. The van der Waals surface area contributed by atoms with Crippen LogP contribution in [-0.4, -0.2) is 92.5 Å². The molecular weight excluding hydrogens is 428 g/mol. The van der Waals surface area contributed by atoms with Gasteiger partial charge in [0.2, 0.25) is 5.91 Å².